The van der Waals surface area contributed by atoms with Crippen LogP contribution in [0.25, 0.3) is 11.0 Å². The van der Waals surface area contributed by atoms with Crippen LogP contribution in [0.2, 0.25) is 0 Å². The summed E-state index contributed by atoms with van der Waals surface area (Å²) in [6.45, 7) is 3.15. The molecule has 5 nitrogen and oxygen atoms in total. The van der Waals surface area contributed by atoms with E-state index in [1.165, 1.54) is 6.33 Å². The molecule has 0 saturated heterocycles. The van der Waals surface area contributed by atoms with Gasteiger partial charge in [-0.25, -0.2) is 9.97 Å². The van der Waals surface area contributed by atoms with Crippen molar-refractivity contribution >= 4 is 16.9 Å². The first kappa shape index (κ1) is 11.6. The van der Waals surface area contributed by atoms with Crippen LogP contribution in [0.3, 0.4) is 0 Å². The Kier molecular flexibility index (Phi) is 3.69. The minimum Gasteiger partial charge on any atom is -0.355 e. The van der Waals surface area contributed by atoms with Gasteiger partial charge in [0.2, 0.25) is 5.91 Å². The molecule has 0 spiro atoms. The number of unbranched alkanes of at least 4 members (excludes halogenated alkanes) is 1. The zero-order valence-electron chi connectivity index (χ0n) is 9.89. The standard InChI is InChI=1S/C12H16N4O/c1-2-3-5-14-11(17)8-16-6-4-10-7-13-9-15-12(10)16/h4,6-7,9H,2-3,5,8H2,1H3,(H,14,17). The van der Waals surface area contributed by atoms with Gasteiger partial charge in [-0.2, -0.15) is 0 Å². The van der Waals surface area contributed by atoms with Crippen LogP contribution in [0, 0.1) is 0 Å². The van der Waals surface area contributed by atoms with Gasteiger partial charge in [-0.1, -0.05) is 13.3 Å². The molecule has 0 aromatic carbocycles. The van der Waals surface area contributed by atoms with E-state index in [9.17, 15) is 4.79 Å². The lowest BCUT2D eigenvalue weighted by atomic mass is 10.3. The van der Waals surface area contributed by atoms with Gasteiger partial charge in [0, 0.05) is 24.3 Å². The van der Waals surface area contributed by atoms with Crippen LogP contribution in [0.5, 0.6) is 0 Å². The lowest BCUT2D eigenvalue weighted by Gasteiger charge is -2.05. The summed E-state index contributed by atoms with van der Waals surface area (Å²) in [5.41, 5.74) is 0.797. The molecule has 0 aliphatic rings. The zero-order valence-corrected chi connectivity index (χ0v) is 9.89. The third-order valence-electron chi connectivity index (χ3n) is 2.59. The molecule has 90 valence electrons. The maximum atomic E-state index is 11.7. The van der Waals surface area contributed by atoms with E-state index in [1.54, 1.807) is 6.20 Å². The van der Waals surface area contributed by atoms with E-state index < -0.39 is 0 Å². The number of hydrogen-bond acceptors (Lipinski definition) is 3. The number of rotatable bonds is 5. The first-order valence-corrected chi connectivity index (χ1v) is 5.83. The van der Waals surface area contributed by atoms with Crippen LogP contribution < -0.4 is 5.32 Å². The van der Waals surface area contributed by atoms with Crippen molar-refractivity contribution in [1.29, 1.82) is 0 Å². The largest absolute Gasteiger partial charge is 0.355 e. The maximum Gasteiger partial charge on any atom is 0.239 e. The summed E-state index contributed by atoms with van der Waals surface area (Å²) >= 11 is 0. The number of amides is 1. The number of nitrogens with zero attached hydrogens (tertiary/aromatic N) is 3. The number of fused-ring (bicyclic) bond motifs is 1. The van der Waals surface area contributed by atoms with Gasteiger partial charge in [-0.15, -0.1) is 0 Å². The number of nitrogens with one attached hydrogen (secondary N) is 1. The zero-order chi connectivity index (χ0) is 12.1. The summed E-state index contributed by atoms with van der Waals surface area (Å²) in [7, 11) is 0. The van der Waals surface area contributed by atoms with Crippen LogP contribution in [0.4, 0.5) is 0 Å². The fraction of sp³-hybridized carbons (Fsp3) is 0.417. The van der Waals surface area contributed by atoms with Crippen molar-refractivity contribution in [3.05, 3.63) is 24.8 Å². The molecule has 5 heteroatoms. The molecule has 2 rings (SSSR count). The second-order valence-corrected chi connectivity index (χ2v) is 3.95. The molecule has 2 aromatic rings. The van der Waals surface area contributed by atoms with E-state index in [0.29, 0.717) is 6.54 Å². The summed E-state index contributed by atoms with van der Waals surface area (Å²) in [6, 6.07) is 1.91. The average molecular weight is 232 g/mol. The average Bonchev–Trinajstić information content (AvgIpc) is 2.73. The lowest BCUT2D eigenvalue weighted by molar-refractivity contribution is -0.121. The normalized spacial score (nSPS) is 10.6. The summed E-state index contributed by atoms with van der Waals surface area (Å²) < 4.78 is 1.83. The van der Waals surface area contributed by atoms with Crippen molar-refractivity contribution in [2.45, 2.75) is 26.3 Å². The third kappa shape index (κ3) is 2.81. The molecule has 0 radical (unpaired) electrons. The predicted octanol–water partition coefficient (Wildman–Crippen LogP) is 1.35. The summed E-state index contributed by atoms with van der Waals surface area (Å²) in [4.78, 5) is 19.8. The maximum absolute atomic E-state index is 11.7. The molecule has 0 bridgehead atoms. The van der Waals surface area contributed by atoms with Crippen LogP contribution in [0.15, 0.2) is 24.8 Å². The first-order chi connectivity index (χ1) is 8.31. The molecule has 0 aliphatic carbocycles. The van der Waals surface area contributed by atoms with Gasteiger partial charge in [0.25, 0.3) is 0 Å². The fourth-order valence-electron chi connectivity index (χ4n) is 1.68. The van der Waals surface area contributed by atoms with Gasteiger partial charge in [0.1, 0.15) is 18.5 Å². The van der Waals surface area contributed by atoms with Crippen molar-refractivity contribution in [2.75, 3.05) is 6.54 Å². The second kappa shape index (κ2) is 5.43. The number of carbonyl (C=O) groups is 1. The van der Waals surface area contributed by atoms with Gasteiger partial charge >= 0.3 is 0 Å². The minimum atomic E-state index is 0.0227. The Labute approximate surface area is 99.9 Å². The smallest absolute Gasteiger partial charge is 0.239 e. The van der Waals surface area contributed by atoms with E-state index in [-0.39, 0.29) is 5.91 Å². The van der Waals surface area contributed by atoms with Crippen LogP contribution >= 0.6 is 0 Å². The Hall–Kier alpha value is -1.91. The summed E-state index contributed by atoms with van der Waals surface area (Å²) in [5.74, 6) is 0.0227. The Balaban J connectivity index is 2.01. The van der Waals surface area contributed by atoms with E-state index in [2.05, 4.69) is 22.2 Å². The highest BCUT2D eigenvalue weighted by Crippen LogP contribution is 2.10. The molecule has 0 unspecified atom stereocenters. The lowest BCUT2D eigenvalue weighted by Crippen LogP contribution is -2.28. The van der Waals surface area contributed by atoms with Crippen molar-refractivity contribution in [2.24, 2.45) is 0 Å². The van der Waals surface area contributed by atoms with Gasteiger partial charge < -0.3 is 9.88 Å². The molecule has 2 heterocycles. The van der Waals surface area contributed by atoms with Gasteiger partial charge in [0.05, 0.1) is 0 Å². The molecule has 0 fully saturated rings. The molecule has 17 heavy (non-hydrogen) atoms. The molecular formula is C12H16N4O. The van der Waals surface area contributed by atoms with E-state index in [1.807, 2.05) is 16.8 Å². The Bertz CT molecular complexity index is 506. The summed E-state index contributed by atoms with van der Waals surface area (Å²) in [5, 5.41) is 3.84. The Morgan fingerprint density at radius 1 is 1.53 bits per heavy atom. The number of hydrogen-bond donors (Lipinski definition) is 1. The highest BCUT2D eigenvalue weighted by Gasteiger charge is 2.06. The van der Waals surface area contributed by atoms with Gasteiger partial charge in [-0.3, -0.25) is 4.79 Å². The van der Waals surface area contributed by atoms with Crippen molar-refractivity contribution < 1.29 is 4.79 Å². The van der Waals surface area contributed by atoms with Gasteiger partial charge in [-0.05, 0) is 12.5 Å². The van der Waals surface area contributed by atoms with Crippen LogP contribution in [0.1, 0.15) is 19.8 Å². The topological polar surface area (TPSA) is 59.8 Å². The third-order valence-corrected chi connectivity index (χ3v) is 2.59. The monoisotopic (exact) mass is 232 g/mol. The van der Waals surface area contributed by atoms with Crippen LogP contribution in [-0.4, -0.2) is 27.0 Å². The van der Waals surface area contributed by atoms with Crippen molar-refractivity contribution in [3.63, 3.8) is 0 Å². The first-order valence-electron chi connectivity index (χ1n) is 5.83. The SMILES string of the molecule is CCCCNC(=O)Cn1ccc2cncnc21. The van der Waals surface area contributed by atoms with Crippen molar-refractivity contribution in [3.8, 4) is 0 Å². The molecule has 0 saturated carbocycles. The van der Waals surface area contributed by atoms with E-state index in [0.717, 1.165) is 30.4 Å². The highest BCUT2D eigenvalue weighted by molar-refractivity contribution is 5.80. The highest BCUT2D eigenvalue weighted by atomic mass is 16.1. The Morgan fingerprint density at radius 3 is 3.24 bits per heavy atom. The molecule has 0 aliphatic heterocycles. The summed E-state index contributed by atoms with van der Waals surface area (Å²) in [6.07, 6.45) is 7.20. The van der Waals surface area contributed by atoms with Crippen molar-refractivity contribution in [1.82, 2.24) is 19.9 Å². The van der Waals surface area contributed by atoms with E-state index >= 15 is 0 Å². The number of carbonyl (C=O) groups excluding carboxylic acids is 1. The minimum absolute atomic E-state index is 0.0227. The quantitative estimate of drug-likeness (QED) is 0.791. The molecular weight excluding hydrogens is 216 g/mol. The predicted molar refractivity (Wildman–Crippen MR) is 65.4 cm³/mol. The molecule has 2 aromatic heterocycles. The molecule has 0 atom stereocenters. The Morgan fingerprint density at radius 2 is 2.41 bits per heavy atom. The second-order valence-electron chi connectivity index (χ2n) is 3.95. The van der Waals surface area contributed by atoms with E-state index in [4.69, 9.17) is 0 Å². The van der Waals surface area contributed by atoms with Gasteiger partial charge in [0.15, 0.2) is 0 Å². The van der Waals surface area contributed by atoms with Crippen LogP contribution in [-0.2, 0) is 11.3 Å². The molecule has 1 N–H and O–H groups in total. The fourth-order valence-corrected chi connectivity index (χ4v) is 1.68. The number of aromatic nitrogens is 3. The molecule has 1 amide bonds.